The lowest BCUT2D eigenvalue weighted by Gasteiger charge is -2.48. The Morgan fingerprint density at radius 1 is 1.29 bits per heavy atom. The third kappa shape index (κ3) is 3.29. The summed E-state index contributed by atoms with van der Waals surface area (Å²) in [6.45, 7) is 0.343. The lowest BCUT2D eigenvalue weighted by molar-refractivity contribution is -0.146. The van der Waals surface area contributed by atoms with Gasteiger partial charge in [-0.15, -0.1) is 0 Å². The summed E-state index contributed by atoms with van der Waals surface area (Å²) in [5.41, 5.74) is 0. The number of carboxylic acid groups (broad SMARTS) is 1. The SMILES string of the molecule is CN(CCC#N)C(=O)N1C(C(=O)O)CCC2CCCCC21. The highest BCUT2D eigenvalue weighted by atomic mass is 16.4. The van der Waals surface area contributed by atoms with Crippen molar-refractivity contribution in [3.05, 3.63) is 0 Å². The highest BCUT2D eigenvalue weighted by Crippen LogP contribution is 2.38. The van der Waals surface area contributed by atoms with Gasteiger partial charge >= 0.3 is 12.0 Å². The average molecular weight is 293 g/mol. The molecule has 3 unspecified atom stereocenters. The molecule has 0 aromatic rings. The molecule has 0 radical (unpaired) electrons. The number of rotatable bonds is 3. The van der Waals surface area contributed by atoms with E-state index in [-0.39, 0.29) is 18.5 Å². The highest BCUT2D eigenvalue weighted by molar-refractivity contribution is 5.83. The maximum Gasteiger partial charge on any atom is 0.326 e. The second-order valence-electron chi connectivity index (χ2n) is 6.06. The van der Waals surface area contributed by atoms with Gasteiger partial charge in [-0.1, -0.05) is 12.8 Å². The fourth-order valence-electron chi connectivity index (χ4n) is 3.66. The van der Waals surface area contributed by atoms with Crippen LogP contribution < -0.4 is 0 Å². The molecule has 0 bridgehead atoms. The molecule has 0 spiro atoms. The Balaban J connectivity index is 2.17. The van der Waals surface area contributed by atoms with Gasteiger partial charge in [-0.3, -0.25) is 0 Å². The third-order valence-electron chi connectivity index (χ3n) is 4.76. The van der Waals surface area contributed by atoms with Crippen LogP contribution in [0.5, 0.6) is 0 Å². The predicted octanol–water partition coefficient (Wildman–Crippen LogP) is 2.06. The van der Waals surface area contributed by atoms with Gasteiger partial charge in [0.05, 0.1) is 12.5 Å². The summed E-state index contributed by atoms with van der Waals surface area (Å²) in [7, 11) is 1.64. The van der Waals surface area contributed by atoms with Crippen LogP contribution in [0.25, 0.3) is 0 Å². The van der Waals surface area contributed by atoms with Gasteiger partial charge in [-0.25, -0.2) is 9.59 Å². The van der Waals surface area contributed by atoms with Crippen LogP contribution in [0.4, 0.5) is 4.79 Å². The summed E-state index contributed by atoms with van der Waals surface area (Å²) < 4.78 is 0. The maximum absolute atomic E-state index is 12.7. The minimum atomic E-state index is -0.916. The highest BCUT2D eigenvalue weighted by Gasteiger charge is 2.44. The number of amides is 2. The molecule has 2 fully saturated rings. The zero-order valence-electron chi connectivity index (χ0n) is 12.5. The van der Waals surface area contributed by atoms with Crippen molar-refractivity contribution in [2.75, 3.05) is 13.6 Å². The van der Waals surface area contributed by atoms with Gasteiger partial charge in [0.15, 0.2) is 0 Å². The number of fused-ring (bicyclic) bond motifs is 1. The molecule has 6 heteroatoms. The van der Waals surface area contributed by atoms with Crippen LogP contribution in [0.3, 0.4) is 0 Å². The lowest BCUT2D eigenvalue weighted by Crippen LogP contribution is -2.60. The molecule has 1 heterocycles. The Labute approximate surface area is 125 Å². The summed E-state index contributed by atoms with van der Waals surface area (Å²) in [5.74, 6) is -0.483. The number of urea groups is 1. The average Bonchev–Trinajstić information content (AvgIpc) is 2.50. The van der Waals surface area contributed by atoms with Crippen LogP contribution in [0.15, 0.2) is 0 Å². The van der Waals surface area contributed by atoms with Crippen LogP contribution in [-0.2, 0) is 4.79 Å². The molecular weight excluding hydrogens is 270 g/mol. The van der Waals surface area contributed by atoms with E-state index in [1.165, 1.54) is 11.3 Å². The van der Waals surface area contributed by atoms with Gasteiger partial charge in [-0.05, 0) is 31.6 Å². The van der Waals surface area contributed by atoms with Gasteiger partial charge < -0.3 is 14.9 Å². The number of carboxylic acids is 1. The fourth-order valence-corrected chi connectivity index (χ4v) is 3.66. The van der Waals surface area contributed by atoms with Crippen LogP contribution in [0.1, 0.15) is 44.9 Å². The van der Waals surface area contributed by atoms with Gasteiger partial charge in [0, 0.05) is 19.6 Å². The molecule has 0 aromatic heterocycles. The summed E-state index contributed by atoms with van der Waals surface area (Å²) in [4.78, 5) is 27.2. The normalized spacial score (nSPS) is 28.4. The molecule has 1 saturated carbocycles. The van der Waals surface area contributed by atoms with Crippen LogP contribution in [0.2, 0.25) is 0 Å². The van der Waals surface area contributed by atoms with Gasteiger partial charge in [0.2, 0.25) is 0 Å². The topological polar surface area (TPSA) is 84.6 Å². The number of piperidine rings is 1. The number of nitrogens with zero attached hydrogens (tertiary/aromatic N) is 3. The van der Waals surface area contributed by atoms with Crippen molar-refractivity contribution < 1.29 is 14.7 Å². The van der Waals surface area contributed by atoms with Crippen molar-refractivity contribution in [2.24, 2.45) is 5.92 Å². The van der Waals surface area contributed by atoms with E-state index in [9.17, 15) is 14.7 Å². The first-order valence-corrected chi connectivity index (χ1v) is 7.69. The molecule has 1 aliphatic carbocycles. The Bertz CT molecular complexity index is 446. The lowest BCUT2D eigenvalue weighted by atomic mass is 9.76. The Morgan fingerprint density at radius 3 is 2.67 bits per heavy atom. The molecule has 1 N–H and O–H groups in total. The molecule has 1 aliphatic heterocycles. The largest absolute Gasteiger partial charge is 0.480 e. The third-order valence-corrected chi connectivity index (χ3v) is 4.76. The number of carbonyl (C=O) groups is 2. The maximum atomic E-state index is 12.7. The summed E-state index contributed by atoms with van der Waals surface area (Å²) in [5, 5.41) is 18.1. The molecule has 0 aromatic carbocycles. The minimum Gasteiger partial charge on any atom is -0.480 e. The van der Waals surface area contributed by atoms with Crippen LogP contribution in [-0.4, -0.2) is 52.6 Å². The van der Waals surface area contributed by atoms with Crippen molar-refractivity contribution in [1.29, 1.82) is 5.26 Å². The smallest absolute Gasteiger partial charge is 0.326 e. The van der Waals surface area contributed by atoms with Gasteiger partial charge in [-0.2, -0.15) is 5.26 Å². The van der Waals surface area contributed by atoms with E-state index in [1.54, 1.807) is 11.9 Å². The summed E-state index contributed by atoms with van der Waals surface area (Å²) >= 11 is 0. The second kappa shape index (κ2) is 6.79. The number of likely N-dealkylation sites (tertiary alicyclic amines) is 1. The number of carbonyl (C=O) groups excluding carboxylic acids is 1. The molecule has 2 amide bonds. The number of hydrogen-bond acceptors (Lipinski definition) is 3. The standard InChI is InChI=1S/C15H23N3O3/c1-17(10-4-9-16)15(21)18-12-6-3-2-5-11(12)7-8-13(18)14(19)20/h11-13H,2-8,10H2,1H3,(H,19,20). The summed E-state index contributed by atoms with van der Waals surface area (Å²) in [6, 6.07) is 1.10. The van der Waals surface area contributed by atoms with E-state index in [0.29, 0.717) is 18.9 Å². The Morgan fingerprint density at radius 2 is 2.00 bits per heavy atom. The van der Waals surface area contributed by atoms with Crippen molar-refractivity contribution in [2.45, 2.75) is 57.0 Å². The molecule has 116 valence electrons. The second-order valence-corrected chi connectivity index (χ2v) is 6.06. The van der Waals surface area contributed by atoms with Gasteiger partial charge in [0.25, 0.3) is 0 Å². The summed E-state index contributed by atoms with van der Waals surface area (Å²) in [6.07, 6.45) is 5.91. The van der Waals surface area contributed by atoms with E-state index < -0.39 is 12.0 Å². The van der Waals surface area contributed by atoms with E-state index in [2.05, 4.69) is 0 Å². The van der Waals surface area contributed by atoms with Crippen molar-refractivity contribution >= 4 is 12.0 Å². The number of nitriles is 1. The molecular formula is C15H23N3O3. The zero-order valence-corrected chi connectivity index (χ0v) is 12.5. The molecule has 1 saturated heterocycles. The quantitative estimate of drug-likeness (QED) is 0.863. The van der Waals surface area contributed by atoms with Crippen molar-refractivity contribution in [3.8, 4) is 6.07 Å². The van der Waals surface area contributed by atoms with E-state index >= 15 is 0 Å². The molecule has 6 nitrogen and oxygen atoms in total. The predicted molar refractivity (Wildman–Crippen MR) is 76.5 cm³/mol. The van der Waals surface area contributed by atoms with Crippen LogP contribution >= 0.6 is 0 Å². The first-order valence-electron chi connectivity index (χ1n) is 7.69. The van der Waals surface area contributed by atoms with Gasteiger partial charge in [0.1, 0.15) is 6.04 Å². The molecule has 2 aliphatic rings. The minimum absolute atomic E-state index is 0.0469. The van der Waals surface area contributed by atoms with Crippen LogP contribution in [0, 0.1) is 17.2 Å². The first kappa shape index (κ1) is 15.6. The first-order chi connectivity index (χ1) is 10.1. The van der Waals surface area contributed by atoms with E-state index in [4.69, 9.17) is 5.26 Å². The fraction of sp³-hybridized carbons (Fsp3) is 0.800. The molecule has 21 heavy (non-hydrogen) atoms. The number of aliphatic carboxylic acids is 1. The Kier molecular flexibility index (Phi) is 5.05. The van der Waals surface area contributed by atoms with E-state index in [0.717, 1.165) is 25.7 Å². The Hall–Kier alpha value is -1.77. The van der Waals surface area contributed by atoms with E-state index in [1.807, 2.05) is 6.07 Å². The molecule has 2 rings (SSSR count). The molecule has 3 atom stereocenters. The monoisotopic (exact) mass is 293 g/mol. The zero-order chi connectivity index (χ0) is 15.4. The number of hydrogen-bond donors (Lipinski definition) is 1. The van der Waals surface area contributed by atoms with Crippen molar-refractivity contribution in [1.82, 2.24) is 9.80 Å². The van der Waals surface area contributed by atoms with Crippen molar-refractivity contribution in [3.63, 3.8) is 0 Å².